The van der Waals surface area contributed by atoms with Crippen LogP contribution in [-0.2, 0) is 19.5 Å². The summed E-state index contributed by atoms with van der Waals surface area (Å²) in [5, 5.41) is 4.85. The minimum atomic E-state index is -0.156. The topological polar surface area (TPSA) is 75.8 Å². The minimum absolute atomic E-state index is 0.156. The van der Waals surface area contributed by atoms with Gasteiger partial charge in [-0.25, -0.2) is 0 Å². The number of ether oxygens (including phenoxy) is 3. The Morgan fingerprint density at radius 1 is 0.973 bits per heavy atom. The zero-order valence-electron chi connectivity index (χ0n) is 20.7. The van der Waals surface area contributed by atoms with Crippen LogP contribution in [0, 0.1) is 0 Å². The number of hydrogen-bond acceptors (Lipinski definition) is 5. The van der Waals surface area contributed by atoms with E-state index in [9.17, 15) is 4.79 Å². The number of benzene rings is 3. The van der Waals surface area contributed by atoms with Crippen molar-refractivity contribution in [1.82, 2.24) is 15.2 Å². The van der Waals surface area contributed by atoms with Gasteiger partial charge in [-0.3, -0.25) is 4.79 Å². The van der Waals surface area contributed by atoms with E-state index in [4.69, 9.17) is 26.4 Å². The van der Waals surface area contributed by atoms with Gasteiger partial charge in [0.15, 0.2) is 16.6 Å². The van der Waals surface area contributed by atoms with Gasteiger partial charge in [0, 0.05) is 30.1 Å². The van der Waals surface area contributed by atoms with Crippen LogP contribution >= 0.6 is 12.2 Å². The van der Waals surface area contributed by atoms with Gasteiger partial charge < -0.3 is 29.4 Å². The molecule has 190 valence electrons. The van der Waals surface area contributed by atoms with Crippen LogP contribution in [0.4, 0.5) is 0 Å². The molecule has 0 spiro atoms. The predicted molar refractivity (Wildman–Crippen MR) is 149 cm³/mol. The summed E-state index contributed by atoms with van der Waals surface area (Å²) in [6.45, 7) is 2.59. The van der Waals surface area contributed by atoms with Crippen LogP contribution in [0.15, 0.2) is 77.6 Å². The molecule has 0 aliphatic carbocycles. The van der Waals surface area contributed by atoms with E-state index in [1.54, 1.807) is 7.11 Å². The van der Waals surface area contributed by atoms with E-state index >= 15 is 0 Å². The van der Waals surface area contributed by atoms with Crippen LogP contribution in [0.3, 0.4) is 0 Å². The lowest BCUT2D eigenvalue weighted by molar-refractivity contribution is 0.172. The summed E-state index contributed by atoms with van der Waals surface area (Å²) in [6, 6.07) is 23.8. The van der Waals surface area contributed by atoms with Crippen molar-refractivity contribution in [2.75, 3.05) is 26.9 Å². The van der Waals surface area contributed by atoms with E-state index in [1.165, 1.54) is 5.56 Å². The molecule has 0 saturated carbocycles. The highest BCUT2D eigenvalue weighted by molar-refractivity contribution is 7.80. The Balaban J connectivity index is 1.38. The summed E-state index contributed by atoms with van der Waals surface area (Å²) >= 11 is 5.80. The highest BCUT2D eigenvalue weighted by atomic mass is 32.1. The largest absolute Gasteiger partial charge is 0.497 e. The molecule has 5 rings (SSSR count). The summed E-state index contributed by atoms with van der Waals surface area (Å²) in [4.78, 5) is 18.1. The molecule has 1 aliphatic heterocycles. The number of rotatable bonds is 8. The summed E-state index contributed by atoms with van der Waals surface area (Å²) in [5.74, 6) is 2.12. The van der Waals surface area contributed by atoms with Crippen molar-refractivity contribution < 1.29 is 14.2 Å². The van der Waals surface area contributed by atoms with Gasteiger partial charge in [-0.15, -0.1) is 0 Å². The Hall–Kier alpha value is -4.04. The van der Waals surface area contributed by atoms with Crippen LogP contribution in [-0.4, -0.2) is 41.9 Å². The second kappa shape index (κ2) is 11.3. The summed E-state index contributed by atoms with van der Waals surface area (Å²) in [5.41, 5.74) is 3.47. The van der Waals surface area contributed by atoms with Crippen LogP contribution in [0.25, 0.3) is 10.9 Å². The second-order valence-electron chi connectivity index (χ2n) is 8.88. The monoisotopic (exact) mass is 515 g/mol. The molecule has 7 nitrogen and oxygen atoms in total. The number of methoxy groups -OCH3 is 1. The lowest BCUT2D eigenvalue weighted by Gasteiger charge is -2.26. The first-order chi connectivity index (χ1) is 18.1. The molecule has 0 amide bonds. The molecule has 8 heteroatoms. The standard InChI is InChI=1S/C29H29N3O4S/c1-34-24-9-7-21(8-10-24)18-32(29(37)30-12-11-20-5-3-2-4-6-20)19-23-15-22-16-26-27(36-14-13-35-26)17-25(22)31-28(23)33/h2-10,15-17H,11-14,18-19H2,1H3,(H,30,37)(H,31,33). The fourth-order valence-electron chi connectivity index (χ4n) is 4.33. The molecule has 4 aromatic rings. The van der Waals surface area contributed by atoms with E-state index in [1.807, 2.05) is 65.6 Å². The van der Waals surface area contributed by atoms with E-state index < -0.39 is 0 Å². The normalized spacial score (nSPS) is 12.2. The molecule has 1 aliphatic rings. The lowest BCUT2D eigenvalue weighted by Crippen LogP contribution is -2.40. The Bertz CT molecular complexity index is 1440. The Kier molecular flexibility index (Phi) is 7.56. The average Bonchev–Trinajstić information content (AvgIpc) is 2.93. The number of nitrogens with zero attached hydrogens (tertiary/aromatic N) is 1. The minimum Gasteiger partial charge on any atom is -0.497 e. The molecular weight excluding hydrogens is 486 g/mol. The van der Waals surface area contributed by atoms with Gasteiger partial charge in [-0.1, -0.05) is 42.5 Å². The maximum absolute atomic E-state index is 13.1. The first-order valence-electron chi connectivity index (χ1n) is 12.2. The lowest BCUT2D eigenvalue weighted by atomic mass is 10.1. The third kappa shape index (κ3) is 6.03. The molecule has 1 aromatic heterocycles. The summed E-state index contributed by atoms with van der Waals surface area (Å²) in [6.07, 6.45) is 0.848. The van der Waals surface area contributed by atoms with Crippen LogP contribution in [0.2, 0.25) is 0 Å². The Morgan fingerprint density at radius 3 is 2.43 bits per heavy atom. The quantitative estimate of drug-likeness (QED) is 0.336. The number of hydrogen-bond donors (Lipinski definition) is 2. The molecule has 2 heterocycles. The van der Waals surface area contributed by atoms with Gasteiger partial charge in [0.05, 0.1) is 19.2 Å². The molecule has 0 radical (unpaired) electrons. The average molecular weight is 516 g/mol. The molecular formula is C29H29N3O4S. The van der Waals surface area contributed by atoms with Gasteiger partial charge in [-0.2, -0.15) is 0 Å². The number of fused-ring (bicyclic) bond motifs is 2. The number of thiocarbonyl (C=S) groups is 1. The van der Waals surface area contributed by atoms with E-state index in [2.05, 4.69) is 22.4 Å². The van der Waals surface area contributed by atoms with Gasteiger partial charge >= 0.3 is 0 Å². The van der Waals surface area contributed by atoms with Crippen LogP contribution in [0.5, 0.6) is 17.2 Å². The fraction of sp³-hybridized carbons (Fsp3) is 0.241. The zero-order valence-corrected chi connectivity index (χ0v) is 21.5. The molecule has 0 fully saturated rings. The number of aromatic amines is 1. The molecule has 0 saturated heterocycles. The van der Waals surface area contributed by atoms with Crippen molar-refractivity contribution >= 4 is 28.2 Å². The van der Waals surface area contributed by atoms with Gasteiger partial charge in [-0.05, 0) is 54.0 Å². The first-order valence-corrected chi connectivity index (χ1v) is 12.6. The fourth-order valence-corrected chi connectivity index (χ4v) is 4.56. The number of pyridine rings is 1. The third-order valence-corrected chi connectivity index (χ3v) is 6.70. The number of aromatic nitrogens is 1. The molecule has 0 unspecified atom stereocenters. The highest BCUT2D eigenvalue weighted by Gasteiger charge is 2.17. The van der Waals surface area contributed by atoms with Gasteiger partial charge in [0.1, 0.15) is 19.0 Å². The number of nitrogens with one attached hydrogen (secondary N) is 2. The molecule has 0 bridgehead atoms. The number of H-pyrrole nitrogens is 1. The zero-order chi connectivity index (χ0) is 25.6. The van der Waals surface area contributed by atoms with Crippen molar-refractivity contribution in [3.05, 3.63) is 99.8 Å². The van der Waals surface area contributed by atoms with E-state index in [-0.39, 0.29) is 5.56 Å². The van der Waals surface area contributed by atoms with Crippen molar-refractivity contribution in [3.8, 4) is 17.2 Å². The van der Waals surface area contributed by atoms with E-state index in [0.29, 0.717) is 60.5 Å². The second-order valence-corrected chi connectivity index (χ2v) is 9.27. The first kappa shape index (κ1) is 24.6. The molecule has 2 N–H and O–H groups in total. The van der Waals surface area contributed by atoms with Crippen LogP contribution in [0.1, 0.15) is 16.7 Å². The molecule has 3 aromatic carbocycles. The van der Waals surface area contributed by atoms with Gasteiger partial charge in [0.25, 0.3) is 5.56 Å². The Labute approximate surface area is 221 Å². The summed E-state index contributed by atoms with van der Waals surface area (Å²) in [7, 11) is 1.65. The van der Waals surface area contributed by atoms with Crippen molar-refractivity contribution in [3.63, 3.8) is 0 Å². The van der Waals surface area contributed by atoms with Crippen molar-refractivity contribution in [2.45, 2.75) is 19.5 Å². The highest BCUT2D eigenvalue weighted by Crippen LogP contribution is 2.33. The van der Waals surface area contributed by atoms with Gasteiger partial charge in [0.2, 0.25) is 0 Å². The maximum atomic E-state index is 13.1. The third-order valence-electron chi connectivity index (χ3n) is 6.30. The van der Waals surface area contributed by atoms with E-state index in [0.717, 1.165) is 23.1 Å². The Morgan fingerprint density at radius 2 is 1.70 bits per heavy atom. The van der Waals surface area contributed by atoms with Crippen LogP contribution < -0.4 is 25.1 Å². The SMILES string of the molecule is COc1ccc(CN(Cc2cc3cc4c(cc3[nH]c2=O)OCCO4)C(=S)NCCc2ccccc2)cc1. The molecule has 0 atom stereocenters. The smallest absolute Gasteiger partial charge is 0.253 e. The maximum Gasteiger partial charge on any atom is 0.253 e. The van der Waals surface area contributed by atoms with Crippen molar-refractivity contribution in [2.24, 2.45) is 0 Å². The predicted octanol–water partition coefficient (Wildman–Crippen LogP) is 4.43. The van der Waals surface area contributed by atoms with Crippen molar-refractivity contribution in [1.29, 1.82) is 0 Å². The molecule has 37 heavy (non-hydrogen) atoms. The summed E-state index contributed by atoms with van der Waals surface area (Å²) < 4.78 is 16.7.